The lowest BCUT2D eigenvalue weighted by molar-refractivity contribution is -0.136. The molecule has 5 rings (SSSR count). The topological polar surface area (TPSA) is 95.6 Å². The first-order valence-corrected chi connectivity index (χ1v) is 13.7. The van der Waals surface area contributed by atoms with Crippen molar-refractivity contribution in [3.05, 3.63) is 82.0 Å². The van der Waals surface area contributed by atoms with E-state index in [0.29, 0.717) is 35.1 Å². The molecule has 2 aromatic carbocycles. The van der Waals surface area contributed by atoms with Crippen molar-refractivity contribution in [2.24, 2.45) is 0 Å². The summed E-state index contributed by atoms with van der Waals surface area (Å²) in [6.45, 7) is 5.09. The molecule has 0 unspecified atom stereocenters. The molecule has 0 N–H and O–H groups in total. The maximum Gasteiger partial charge on any atom is 0.294 e. The van der Waals surface area contributed by atoms with Crippen LogP contribution in [-0.2, 0) is 9.59 Å². The molecule has 3 amide bonds. The van der Waals surface area contributed by atoms with Gasteiger partial charge < -0.3 is 14.2 Å². The monoisotopic (exact) mass is 540 g/mol. The molecule has 198 valence electrons. The number of rotatable bonds is 6. The van der Waals surface area contributed by atoms with E-state index in [0.717, 1.165) is 58.6 Å². The largest absolute Gasteiger partial charge is 0.457 e. The summed E-state index contributed by atoms with van der Waals surface area (Å²) in [7, 11) is 0. The number of aromatic nitrogens is 1. The van der Waals surface area contributed by atoms with Crippen molar-refractivity contribution < 1.29 is 19.1 Å². The number of benzene rings is 2. The van der Waals surface area contributed by atoms with Gasteiger partial charge in [0.05, 0.1) is 16.5 Å². The van der Waals surface area contributed by atoms with Gasteiger partial charge in [0.25, 0.3) is 11.1 Å². The van der Waals surface area contributed by atoms with Gasteiger partial charge in [0.15, 0.2) is 0 Å². The Kier molecular flexibility index (Phi) is 7.57. The summed E-state index contributed by atoms with van der Waals surface area (Å²) in [6.07, 6.45) is 4.74. The number of carbonyl (C=O) groups excluding carboxylic acids is 3. The highest BCUT2D eigenvalue weighted by Gasteiger charge is 2.37. The van der Waals surface area contributed by atoms with Crippen LogP contribution in [0.3, 0.4) is 0 Å². The molecule has 3 heterocycles. The Balaban J connectivity index is 1.31. The van der Waals surface area contributed by atoms with Gasteiger partial charge in [-0.2, -0.15) is 5.26 Å². The van der Waals surface area contributed by atoms with Gasteiger partial charge in [0.1, 0.15) is 18.0 Å². The fourth-order valence-electron chi connectivity index (χ4n) is 4.88. The van der Waals surface area contributed by atoms with Gasteiger partial charge >= 0.3 is 0 Å². The van der Waals surface area contributed by atoms with E-state index in [-0.39, 0.29) is 12.5 Å². The van der Waals surface area contributed by atoms with Crippen molar-refractivity contribution in [3.8, 4) is 23.3 Å². The predicted octanol–water partition coefficient (Wildman–Crippen LogP) is 5.81. The van der Waals surface area contributed by atoms with Crippen molar-refractivity contribution in [2.75, 3.05) is 19.6 Å². The van der Waals surface area contributed by atoms with Crippen LogP contribution in [0.4, 0.5) is 4.79 Å². The molecule has 0 bridgehead atoms. The molecule has 2 aliphatic rings. The van der Waals surface area contributed by atoms with Crippen LogP contribution in [0.15, 0.2) is 59.5 Å². The molecule has 0 atom stereocenters. The minimum atomic E-state index is -0.426. The minimum Gasteiger partial charge on any atom is -0.457 e. The molecular formula is C30H28N4O4S. The van der Waals surface area contributed by atoms with Crippen LogP contribution in [0.5, 0.6) is 11.5 Å². The Morgan fingerprint density at radius 3 is 2.28 bits per heavy atom. The summed E-state index contributed by atoms with van der Waals surface area (Å²) in [4.78, 5) is 41.4. The SMILES string of the molecule is Cc1cc(/C=C2\SC(=O)N(CC(=O)N3CCCCC3)C2=O)c(C)n1-c1ccc(Oc2ccc(C#N)cc2)cc1. The van der Waals surface area contributed by atoms with E-state index in [9.17, 15) is 14.4 Å². The molecule has 2 aliphatic heterocycles. The number of aryl methyl sites for hydroxylation is 1. The zero-order valence-corrected chi connectivity index (χ0v) is 22.7. The Hall–Kier alpha value is -4.29. The van der Waals surface area contributed by atoms with Crippen molar-refractivity contribution in [1.29, 1.82) is 5.26 Å². The Labute approximate surface area is 231 Å². The highest BCUT2D eigenvalue weighted by Crippen LogP contribution is 2.34. The van der Waals surface area contributed by atoms with E-state index >= 15 is 0 Å². The third kappa shape index (κ3) is 5.61. The van der Waals surface area contributed by atoms with E-state index in [2.05, 4.69) is 10.6 Å². The number of amides is 3. The second-order valence-electron chi connectivity index (χ2n) is 9.60. The van der Waals surface area contributed by atoms with E-state index < -0.39 is 11.1 Å². The molecule has 0 aliphatic carbocycles. The maximum absolute atomic E-state index is 13.0. The lowest BCUT2D eigenvalue weighted by Crippen LogP contribution is -2.44. The van der Waals surface area contributed by atoms with Crippen molar-refractivity contribution in [1.82, 2.24) is 14.4 Å². The fourth-order valence-corrected chi connectivity index (χ4v) is 5.71. The molecule has 8 nitrogen and oxygen atoms in total. The quantitative estimate of drug-likeness (QED) is 0.366. The summed E-state index contributed by atoms with van der Waals surface area (Å²) in [5, 5.41) is 8.54. The molecule has 0 radical (unpaired) electrons. The number of nitrogens with zero attached hydrogens (tertiary/aromatic N) is 4. The van der Waals surface area contributed by atoms with Crippen molar-refractivity contribution in [2.45, 2.75) is 33.1 Å². The summed E-state index contributed by atoms with van der Waals surface area (Å²) in [5.41, 5.74) is 4.22. The first kappa shape index (κ1) is 26.3. The highest BCUT2D eigenvalue weighted by molar-refractivity contribution is 8.18. The van der Waals surface area contributed by atoms with Crippen LogP contribution in [0.25, 0.3) is 11.8 Å². The molecule has 3 aromatic rings. The average molecular weight is 541 g/mol. The third-order valence-electron chi connectivity index (χ3n) is 6.95. The van der Waals surface area contributed by atoms with Gasteiger partial charge in [0, 0.05) is 30.2 Å². The van der Waals surface area contributed by atoms with Crippen LogP contribution in [0.1, 0.15) is 41.8 Å². The van der Waals surface area contributed by atoms with Crippen LogP contribution in [0, 0.1) is 25.2 Å². The second kappa shape index (κ2) is 11.2. The predicted molar refractivity (Wildman–Crippen MR) is 150 cm³/mol. The minimum absolute atomic E-state index is 0.178. The molecule has 2 fully saturated rings. The number of thioether (sulfide) groups is 1. The van der Waals surface area contributed by atoms with E-state index in [1.807, 2.05) is 44.2 Å². The Morgan fingerprint density at radius 2 is 1.64 bits per heavy atom. The summed E-state index contributed by atoms with van der Waals surface area (Å²) >= 11 is 0.874. The van der Waals surface area contributed by atoms with Gasteiger partial charge in [-0.3, -0.25) is 19.3 Å². The molecular weight excluding hydrogens is 512 g/mol. The molecule has 0 saturated carbocycles. The molecule has 1 aromatic heterocycles. The number of carbonyl (C=O) groups is 3. The number of imide groups is 1. The number of ether oxygens (including phenoxy) is 1. The summed E-state index contributed by atoms with van der Waals surface area (Å²) in [6, 6.07) is 18.6. The van der Waals surface area contributed by atoms with E-state index in [1.165, 1.54) is 0 Å². The Bertz CT molecular complexity index is 1490. The lowest BCUT2D eigenvalue weighted by atomic mass is 10.1. The number of hydrogen-bond donors (Lipinski definition) is 0. The van der Waals surface area contributed by atoms with Gasteiger partial charge in [-0.25, -0.2) is 0 Å². The van der Waals surface area contributed by atoms with Crippen molar-refractivity contribution >= 4 is 34.9 Å². The van der Waals surface area contributed by atoms with Crippen LogP contribution in [-0.4, -0.2) is 51.1 Å². The van der Waals surface area contributed by atoms with E-state index in [4.69, 9.17) is 10.00 Å². The number of nitriles is 1. The standard InChI is InChI=1S/C30H28N4O4S/c1-20-16-23(17-27-29(36)33(30(37)39-27)19-28(35)32-14-4-3-5-15-32)21(2)34(20)24-8-12-26(13-9-24)38-25-10-6-22(18-31)7-11-25/h6-13,16-17H,3-5,14-15,19H2,1-2H3/b27-17-. The first-order valence-electron chi connectivity index (χ1n) is 12.8. The van der Waals surface area contributed by atoms with Gasteiger partial charge in [0.2, 0.25) is 5.91 Å². The second-order valence-corrected chi connectivity index (χ2v) is 10.6. The fraction of sp³-hybridized carbons (Fsp3) is 0.267. The van der Waals surface area contributed by atoms with E-state index in [1.54, 1.807) is 35.2 Å². The van der Waals surface area contributed by atoms with Gasteiger partial charge in [-0.1, -0.05) is 0 Å². The average Bonchev–Trinajstić information content (AvgIpc) is 3.38. The number of hydrogen-bond acceptors (Lipinski definition) is 6. The first-order chi connectivity index (χ1) is 18.8. The molecule has 39 heavy (non-hydrogen) atoms. The lowest BCUT2D eigenvalue weighted by Gasteiger charge is -2.27. The molecule has 9 heteroatoms. The zero-order valence-electron chi connectivity index (χ0n) is 21.8. The third-order valence-corrected chi connectivity index (χ3v) is 7.85. The zero-order chi connectivity index (χ0) is 27.5. The summed E-state index contributed by atoms with van der Waals surface area (Å²) < 4.78 is 7.96. The molecule has 0 spiro atoms. The normalized spacial score (nSPS) is 16.6. The Morgan fingerprint density at radius 1 is 1.00 bits per heavy atom. The van der Waals surface area contributed by atoms with Crippen molar-refractivity contribution in [3.63, 3.8) is 0 Å². The summed E-state index contributed by atoms with van der Waals surface area (Å²) in [5.74, 6) is 0.704. The number of likely N-dealkylation sites (tertiary alicyclic amines) is 1. The number of piperidine rings is 1. The highest BCUT2D eigenvalue weighted by atomic mass is 32.2. The van der Waals surface area contributed by atoms with Gasteiger partial charge in [-0.05, 0) is 111 Å². The van der Waals surface area contributed by atoms with Crippen LogP contribution < -0.4 is 4.74 Å². The molecule has 2 saturated heterocycles. The van der Waals surface area contributed by atoms with Crippen LogP contribution >= 0.6 is 11.8 Å². The van der Waals surface area contributed by atoms with Crippen LogP contribution in [0.2, 0.25) is 0 Å². The van der Waals surface area contributed by atoms with Gasteiger partial charge in [-0.15, -0.1) is 0 Å². The smallest absolute Gasteiger partial charge is 0.294 e. The maximum atomic E-state index is 13.0.